The quantitative estimate of drug-likeness (QED) is 0.651. The first kappa shape index (κ1) is 10.6. The van der Waals surface area contributed by atoms with E-state index in [0.717, 1.165) is 11.1 Å². The molecule has 0 aliphatic rings. The highest BCUT2D eigenvalue weighted by molar-refractivity contribution is 5.87. The van der Waals surface area contributed by atoms with Crippen LogP contribution in [-0.4, -0.2) is 18.1 Å². The molecule has 4 N–H and O–H groups in total. The molecular weight excluding hydrogens is 182 g/mol. The van der Waals surface area contributed by atoms with E-state index in [-0.39, 0.29) is 5.69 Å². The monoisotopic (exact) mass is 195 g/mol. The van der Waals surface area contributed by atoms with Gasteiger partial charge in [0.05, 0.1) is 7.11 Å². The molecule has 0 aliphatic carbocycles. The van der Waals surface area contributed by atoms with Gasteiger partial charge < -0.3 is 16.2 Å². The van der Waals surface area contributed by atoms with Crippen LogP contribution in [-0.2, 0) is 17.8 Å². The molecule has 0 saturated carbocycles. The number of nitrogens with two attached hydrogens (primary N) is 2. The number of hydrogen-bond donors (Lipinski definition) is 2. The molecule has 0 atom stereocenters. The Labute approximate surface area is 82.1 Å². The van der Waals surface area contributed by atoms with Crippen molar-refractivity contribution in [2.75, 3.05) is 7.11 Å². The summed E-state index contributed by atoms with van der Waals surface area (Å²) in [4.78, 5) is 15.0. The SMILES string of the molecule is COC(=O)c1cc(CN)c(CN)cn1. The molecule has 5 nitrogen and oxygen atoms in total. The van der Waals surface area contributed by atoms with Crippen LogP contribution in [0, 0.1) is 0 Å². The predicted octanol–water partition coefficient (Wildman–Crippen LogP) is -0.214. The van der Waals surface area contributed by atoms with E-state index in [1.54, 1.807) is 12.3 Å². The third kappa shape index (κ3) is 2.07. The molecule has 14 heavy (non-hydrogen) atoms. The zero-order chi connectivity index (χ0) is 10.6. The molecule has 1 rings (SSSR count). The fraction of sp³-hybridized carbons (Fsp3) is 0.333. The molecule has 0 unspecified atom stereocenters. The number of hydrogen-bond acceptors (Lipinski definition) is 5. The van der Waals surface area contributed by atoms with Crippen molar-refractivity contribution in [3.05, 3.63) is 29.1 Å². The van der Waals surface area contributed by atoms with E-state index >= 15 is 0 Å². The zero-order valence-electron chi connectivity index (χ0n) is 7.99. The van der Waals surface area contributed by atoms with Gasteiger partial charge in [-0.2, -0.15) is 0 Å². The highest BCUT2D eigenvalue weighted by atomic mass is 16.5. The Bertz CT molecular complexity index is 339. The van der Waals surface area contributed by atoms with E-state index in [4.69, 9.17) is 11.5 Å². The summed E-state index contributed by atoms with van der Waals surface area (Å²) in [6.45, 7) is 0.694. The molecule has 0 amide bonds. The van der Waals surface area contributed by atoms with Gasteiger partial charge in [0.1, 0.15) is 5.69 Å². The second kappa shape index (κ2) is 4.69. The van der Waals surface area contributed by atoms with Crippen molar-refractivity contribution in [3.8, 4) is 0 Å². The minimum Gasteiger partial charge on any atom is -0.464 e. The van der Waals surface area contributed by atoms with Gasteiger partial charge in [0.25, 0.3) is 0 Å². The summed E-state index contributed by atoms with van der Waals surface area (Å²) in [6.07, 6.45) is 1.55. The summed E-state index contributed by atoms with van der Waals surface area (Å²) in [5.74, 6) is -0.469. The summed E-state index contributed by atoms with van der Waals surface area (Å²) < 4.78 is 4.54. The molecule has 0 saturated heterocycles. The number of pyridine rings is 1. The van der Waals surface area contributed by atoms with E-state index in [2.05, 4.69) is 9.72 Å². The third-order valence-electron chi connectivity index (χ3n) is 1.92. The Morgan fingerprint density at radius 1 is 1.43 bits per heavy atom. The third-order valence-corrected chi connectivity index (χ3v) is 1.92. The molecule has 0 spiro atoms. The molecule has 1 aromatic rings. The maximum atomic E-state index is 11.1. The van der Waals surface area contributed by atoms with Crippen molar-refractivity contribution >= 4 is 5.97 Å². The van der Waals surface area contributed by atoms with Crippen LogP contribution in [0.15, 0.2) is 12.3 Å². The molecule has 0 aliphatic heterocycles. The van der Waals surface area contributed by atoms with Crippen molar-refractivity contribution in [1.29, 1.82) is 0 Å². The Balaban J connectivity index is 3.07. The van der Waals surface area contributed by atoms with Gasteiger partial charge in [0.15, 0.2) is 0 Å². The van der Waals surface area contributed by atoms with Gasteiger partial charge >= 0.3 is 5.97 Å². The molecule has 0 radical (unpaired) electrons. The highest BCUT2D eigenvalue weighted by Crippen LogP contribution is 2.09. The molecule has 0 fully saturated rings. The number of carbonyl (C=O) groups is 1. The Kier molecular flexibility index (Phi) is 3.55. The second-order valence-electron chi connectivity index (χ2n) is 2.74. The Hall–Kier alpha value is -1.46. The lowest BCUT2D eigenvalue weighted by Gasteiger charge is -2.06. The van der Waals surface area contributed by atoms with Crippen LogP contribution < -0.4 is 11.5 Å². The molecule has 76 valence electrons. The number of esters is 1. The summed E-state index contributed by atoms with van der Waals surface area (Å²) >= 11 is 0. The summed E-state index contributed by atoms with van der Waals surface area (Å²) in [5.41, 5.74) is 12.9. The first-order valence-electron chi connectivity index (χ1n) is 4.19. The van der Waals surface area contributed by atoms with Gasteiger partial charge in [-0.05, 0) is 17.2 Å². The number of methoxy groups -OCH3 is 1. The van der Waals surface area contributed by atoms with Crippen molar-refractivity contribution < 1.29 is 9.53 Å². The number of aromatic nitrogens is 1. The van der Waals surface area contributed by atoms with Crippen LogP contribution in [0.25, 0.3) is 0 Å². The largest absolute Gasteiger partial charge is 0.464 e. The molecule has 0 aromatic carbocycles. The van der Waals surface area contributed by atoms with Gasteiger partial charge in [-0.1, -0.05) is 0 Å². The minimum atomic E-state index is -0.469. The molecular formula is C9H13N3O2. The lowest BCUT2D eigenvalue weighted by atomic mass is 10.1. The van der Waals surface area contributed by atoms with Crippen LogP contribution >= 0.6 is 0 Å². The van der Waals surface area contributed by atoms with E-state index in [9.17, 15) is 4.79 Å². The summed E-state index contributed by atoms with van der Waals surface area (Å²) in [5, 5.41) is 0. The standard InChI is InChI=1S/C9H13N3O2/c1-14-9(13)8-2-6(3-10)7(4-11)5-12-8/h2,5H,3-4,10-11H2,1H3. The maximum absolute atomic E-state index is 11.1. The van der Waals surface area contributed by atoms with Crippen LogP contribution in [0.3, 0.4) is 0 Å². The van der Waals surface area contributed by atoms with Crippen LogP contribution in [0.4, 0.5) is 0 Å². The van der Waals surface area contributed by atoms with Crippen LogP contribution in [0.2, 0.25) is 0 Å². The molecule has 5 heteroatoms. The van der Waals surface area contributed by atoms with Crippen molar-refractivity contribution in [3.63, 3.8) is 0 Å². The van der Waals surface area contributed by atoms with Crippen molar-refractivity contribution in [2.45, 2.75) is 13.1 Å². The predicted molar refractivity (Wildman–Crippen MR) is 51.4 cm³/mol. The maximum Gasteiger partial charge on any atom is 0.356 e. The normalized spacial score (nSPS) is 9.93. The zero-order valence-corrected chi connectivity index (χ0v) is 7.99. The van der Waals surface area contributed by atoms with Gasteiger partial charge in [-0.25, -0.2) is 9.78 Å². The van der Waals surface area contributed by atoms with Crippen LogP contribution in [0.5, 0.6) is 0 Å². The molecule has 0 bridgehead atoms. The summed E-state index contributed by atoms with van der Waals surface area (Å²) in [6, 6.07) is 1.61. The van der Waals surface area contributed by atoms with Gasteiger partial charge in [0, 0.05) is 19.3 Å². The first-order chi connectivity index (χ1) is 6.72. The van der Waals surface area contributed by atoms with Gasteiger partial charge in [-0.15, -0.1) is 0 Å². The van der Waals surface area contributed by atoms with E-state index in [0.29, 0.717) is 13.1 Å². The van der Waals surface area contributed by atoms with Gasteiger partial charge in [0.2, 0.25) is 0 Å². The second-order valence-corrected chi connectivity index (χ2v) is 2.74. The van der Waals surface area contributed by atoms with Gasteiger partial charge in [-0.3, -0.25) is 0 Å². The molecule has 1 heterocycles. The Morgan fingerprint density at radius 2 is 2.07 bits per heavy atom. The smallest absolute Gasteiger partial charge is 0.356 e. The number of rotatable bonds is 3. The van der Waals surface area contributed by atoms with E-state index in [1.807, 2.05) is 0 Å². The summed E-state index contributed by atoms with van der Waals surface area (Å²) in [7, 11) is 1.31. The average molecular weight is 195 g/mol. The molecule has 1 aromatic heterocycles. The average Bonchev–Trinajstić information content (AvgIpc) is 2.26. The Morgan fingerprint density at radius 3 is 2.57 bits per heavy atom. The number of ether oxygens (including phenoxy) is 1. The van der Waals surface area contributed by atoms with E-state index < -0.39 is 5.97 Å². The van der Waals surface area contributed by atoms with Crippen LogP contribution in [0.1, 0.15) is 21.6 Å². The fourth-order valence-electron chi connectivity index (χ4n) is 1.12. The number of carbonyl (C=O) groups excluding carboxylic acids is 1. The first-order valence-corrected chi connectivity index (χ1v) is 4.19. The van der Waals surface area contributed by atoms with Crippen molar-refractivity contribution in [1.82, 2.24) is 4.98 Å². The highest BCUT2D eigenvalue weighted by Gasteiger charge is 2.09. The topological polar surface area (TPSA) is 91.2 Å². The minimum absolute atomic E-state index is 0.255. The lowest BCUT2D eigenvalue weighted by Crippen LogP contribution is -2.11. The van der Waals surface area contributed by atoms with Crippen molar-refractivity contribution in [2.24, 2.45) is 11.5 Å². The fourth-order valence-corrected chi connectivity index (χ4v) is 1.12. The number of nitrogens with zero attached hydrogens (tertiary/aromatic N) is 1. The lowest BCUT2D eigenvalue weighted by molar-refractivity contribution is 0.0594. The van der Waals surface area contributed by atoms with E-state index in [1.165, 1.54) is 7.11 Å².